The Kier molecular flexibility index (Phi) is 3.25. The molecule has 0 bridgehead atoms. The van der Waals surface area contributed by atoms with Crippen molar-refractivity contribution in [3.8, 4) is 0 Å². The lowest BCUT2D eigenvalue weighted by atomic mass is 10.2. The molecule has 0 aliphatic heterocycles. The van der Waals surface area contributed by atoms with E-state index in [4.69, 9.17) is 5.73 Å². The number of carbonyl (C=O) groups is 1. The molecule has 1 rings (SSSR count). The van der Waals surface area contributed by atoms with Gasteiger partial charge in [0.2, 0.25) is 0 Å². The second-order valence-corrected chi connectivity index (χ2v) is 2.93. The first kappa shape index (κ1) is 9.22. The van der Waals surface area contributed by atoms with Crippen molar-refractivity contribution < 1.29 is 9.53 Å². The molecule has 0 aliphatic carbocycles. The van der Waals surface area contributed by atoms with Gasteiger partial charge in [0.15, 0.2) is 0 Å². The summed E-state index contributed by atoms with van der Waals surface area (Å²) in [4.78, 5) is 11.1. The fraction of sp³-hybridized carbons (Fsp3) is 0.125. The Bertz CT molecular complexity index is 288. The topological polar surface area (TPSA) is 52.3 Å². The Morgan fingerprint density at radius 2 is 2.17 bits per heavy atom. The minimum absolute atomic E-state index is 0.0971. The molecule has 3 nitrogen and oxygen atoms in total. The molecule has 0 unspecified atom stereocenters. The van der Waals surface area contributed by atoms with Gasteiger partial charge in [0.1, 0.15) is 6.73 Å². The number of nitrogens with two attached hydrogens (primary N) is 1. The lowest BCUT2D eigenvalue weighted by Gasteiger charge is -2.02. The Hall–Kier alpha value is -0.870. The maximum absolute atomic E-state index is 11.1. The molecule has 0 heterocycles. The molecule has 0 saturated carbocycles. The predicted molar refractivity (Wildman–Crippen MR) is 48.6 cm³/mol. The van der Waals surface area contributed by atoms with Gasteiger partial charge in [-0.2, -0.15) is 0 Å². The van der Waals surface area contributed by atoms with Gasteiger partial charge in [-0.1, -0.05) is 12.1 Å². The largest absolute Gasteiger partial charge is 0.446 e. The zero-order valence-electron chi connectivity index (χ0n) is 6.29. The van der Waals surface area contributed by atoms with E-state index in [1.54, 1.807) is 18.2 Å². The Balaban J connectivity index is 2.87. The molecule has 1 aromatic carbocycles. The fourth-order valence-electron chi connectivity index (χ4n) is 0.780. The van der Waals surface area contributed by atoms with E-state index < -0.39 is 5.97 Å². The number of ether oxygens (including phenoxy) is 1. The van der Waals surface area contributed by atoms with Gasteiger partial charge in [-0.15, -0.1) is 0 Å². The van der Waals surface area contributed by atoms with E-state index in [9.17, 15) is 4.79 Å². The lowest BCUT2D eigenvalue weighted by Crippen LogP contribution is -2.12. The van der Waals surface area contributed by atoms with Gasteiger partial charge >= 0.3 is 5.97 Å². The highest BCUT2D eigenvalue weighted by Gasteiger charge is 2.08. The Morgan fingerprint density at radius 1 is 1.50 bits per heavy atom. The maximum Gasteiger partial charge on any atom is 0.340 e. The third-order valence-electron chi connectivity index (χ3n) is 1.31. The molecule has 0 radical (unpaired) electrons. The van der Waals surface area contributed by atoms with Crippen LogP contribution in [0.1, 0.15) is 10.4 Å². The van der Waals surface area contributed by atoms with E-state index in [2.05, 4.69) is 20.7 Å². The maximum atomic E-state index is 11.1. The van der Waals surface area contributed by atoms with Crippen molar-refractivity contribution in [2.45, 2.75) is 0 Å². The van der Waals surface area contributed by atoms with Crippen LogP contribution >= 0.6 is 15.9 Å². The van der Waals surface area contributed by atoms with Crippen LogP contribution < -0.4 is 5.73 Å². The highest BCUT2D eigenvalue weighted by atomic mass is 79.9. The summed E-state index contributed by atoms with van der Waals surface area (Å²) >= 11 is 3.23. The number of benzene rings is 1. The van der Waals surface area contributed by atoms with Crippen LogP contribution in [-0.2, 0) is 4.74 Å². The van der Waals surface area contributed by atoms with Crippen molar-refractivity contribution in [2.24, 2.45) is 5.73 Å². The molecule has 0 saturated heterocycles. The molecule has 1 aromatic rings. The molecular weight excluding hydrogens is 222 g/mol. The van der Waals surface area contributed by atoms with E-state index in [0.717, 1.165) is 0 Å². The van der Waals surface area contributed by atoms with E-state index in [1.165, 1.54) is 0 Å². The van der Waals surface area contributed by atoms with Crippen LogP contribution in [-0.4, -0.2) is 12.7 Å². The average molecular weight is 230 g/mol. The van der Waals surface area contributed by atoms with E-state index in [1.807, 2.05) is 6.07 Å². The minimum atomic E-state index is -0.412. The van der Waals surface area contributed by atoms with Gasteiger partial charge in [0.25, 0.3) is 0 Å². The standard InChI is InChI=1S/C8H8BrNO2/c9-7-4-2-1-3-6(7)8(11)12-5-10/h1-4H,5,10H2. The minimum Gasteiger partial charge on any atom is -0.446 e. The van der Waals surface area contributed by atoms with Gasteiger partial charge in [-0.3, -0.25) is 5.73 Å². The van der Waals surface area contributed by atoms with E-state index in [0.29, 0.717) is 10.0 Å². The molecule has 0 aromatic heterocycles. The van der Waals surface area contributed by atoms with Crippen molar-refractivity contribution in [3.63, 3.8) is 0 Å². The van der Waals surface area contributed by atoms with Crippen LogP contribution in [0.5, 0.6) is 0 Å². The van der Waals surface area contributed by atoms with Gasteiger partial charge in [-0.05, 0) is 28.1 Å². The Morgan fingerprint density at radius 3 is 2.75 bits per heavy atom. The first-order valence-corrected chi connectivity index (χ1v) is 4.16. The lowest BCUT2D eigenvalue weighted by molar-refractivity contribution is 0.0514. The summed E-state index contributed by atoms with van der Waals surface area (Å²) in [5, 5.41) is 0. The molecule has 0 fully saturated rings. The zero-order valence-corrected chi connectivity index (χ0v) is 7.87. The fourth-order valence-corrected chi connectivity index (χ4v) is 1.23. The highest BCUT2D eigenvalue weighted by molar-refractivity contribution is 9.10. The normalized spacial score (nSPS) is 9.50. The number of carbonyl (C=O) groups excluding carboxylic acids is 1. The number of hydrogen-bond acceptors (Lipinski definition) is 3. The average Bonchev–Trinajstić information content (AvgIpc) is 2.05. The molecule has 2 N–H and O–H groups in total. The molecule has 12 heavy (non-hydrogen) atoms. The summed E-state index contributed by atoms with van der Waals surface area (Å²) in [7, 11) is 0. The molecule has 0 atom stereocenters. The third-order valence-corrected chi connectivity index (χ3v) is 2.00. The summed E-state index contributed by atoms with van der Waals surface area (Å²) in [5.74, 6) is -0.412. The number of halogens is 1. The van der Waals surface area contributed by atoms with Crippen LogP contribution in [0.2, 0.25) is 0 Å². The monoisotopic (exact) mass is 229 g/mol. The third kappa shape index (κ3) is 2.06. The first-order valence-electron chi connectivity index (χ1n) is 3.37. The summed E-state index contributed by atoms with van der Waals surface area (Å²) < 4.78 is 5.33. The van der Waals surface area contributed by atoms with Crippen molar-refractivity contribution in [2.75, 3.05) is 6.73 Å². The predicted octanol–water partition coefficient (Wildman–Crippen LogP) is 1.52. The molecule has 64 valence electrons. The van der Waals surface area contributed by atoms with Crippen LogP contribution in [0, 0.1) is 0 Å². The van der Waals surface area contributed by atoms with Crippen LogP contribution in [0.4, 0.5) is 0 Å². The number of esters is 1. The molecule has 0 amide bonds. The zero-order chi connectivity index (χ0) is 8.97. The molecular formula is C8H8BrNO2. The van der Waals surface area contributed by atoms with Crippen molar-refractivity contribution in [3.05, 3.63) is 34.3 Å². The molecule has 0 aliphatic rings. The van der Waals surface area contributed by atoms with Crippen molar-refractivity contribution >= 4 is 21.9 Å². The second-order valence-electron chi connectivity index (χ2n) is 2.08. The van der Waals surface area contributed by atoms with Crippen LogP contribution in [0.15, 0.2) is 28.7 Å². The SMILES string of the molecule is NCOC(=O)c1ccccc1Br. The summed E-state index contributed by atoms with van der Waals surface area (Å²) in [6, 6.07) is 7.02. The molecule has 4 heteroatoms. The number of hydrogen-bond donors (Lipinski definition) is 1. The van der Waals surface area contributed by atoms with E-state index in [-0.39, 0.29) is 6.73 Å². The quantitative estimate of drug-likeness (QED) is 0.619. The first-order chi connectivity index (χ1) is 5.75. The van der Waals surface area contributed by atoms with Gasteiger partial charge in [0.05, 0.1) is 5.56 Å². The van der Waals surface area contributed by atoms with Gasteiger partial charge in [0, 0.05) is 4.47 Å². The molecule has 0 spiro atoms. The highest BCUT2D eigenvalue weighted by Crippen LogP contribution is 2.16. The second kappa shape index (κ2) is 4.23. The smallest absolute Gasteiger partial charge is 0.340 e. The van der Waals surface area contributed by atoms with Crippen molar-refractivity contribution in [1.82, 2.24) is 0 Å². The van der Waals surface area contributed by atoms with Crippen molar-refractivity contribution in [1.29, 1.82) is 0 Å². The van der Waals surface area contributed by atoms with Gasteiger partial charge < -0.3 is 4.74 Å². The summed E-state index contributed by atoms with van der Waals surface area (Å²) in [6.45, 7) is -0.0971. The number of rotatable bonds is 2. The Labute approximate surface area is 78.6 Å². The van der Waals surface area contributed by atoms with Crippen LogP contribution in [0.3, 0.4) is 0 Å². The van der Waals surface area contributed by atoms with Crippen LogP contribution in [0.25, 0.3) is 0 Å². The summed E-state index contributed by atoms with van der Waals surface area (Å²) in [6.07, 6.45) is 0. The summed E-state index contributed by atoms with van der Waals surface area (Å²) in [5.41, 5.74) is 5.55. The van der Waals surface area contributed by atoms with E-state index >= 15 is 0 Å². The van der Waals surface area contributed by atoms with Gasteiger partial charge in [-0.25, -0.2) is 4.79 Å².